The fourth-order valence-electron chi connectivity index (χ4n) is 3.93. The summed E-state index contributed by atoms with van der Waals surface area (Å²) >= 11 is 1.26. The van der Waals surface area contributed by atoms with E-state index in [1.807, 2.05) is 37.3 Å². The van der Waals surface area contributed by atoms with E-state index in [0.29, 0.717) is 23.4 Å². The Kier molecular flexibility index (Phi) is 7.16. The first kappa shape index (κ1) is 24.1. The number of carbonyl (C=O) groups is 2. The third kappa shape index (κ3) is 5.06. The SMILES string of the molecule is COC(=O)c1sc(-c2ccccc2)cc1NC(=O)C1CCN(S(=O)(=O)c2ccc(C)cc2)CC1. The van der Waals surface area contributed by atoms with Gasteiger partial charge in [-0.05, 0) is 43.5 Å². The number of ether oxygens (including phenoxy) is 1. The van der Waals surface area contributed by atoms with Crippen molar-refractivity contribution >= 4 is 38.9 Å². The van der Waals surface area contributed by atoms with E-state index in [4.69, 9.17) is 4.74 Å². The zero-order chi connectivity index (χ0) is 24.3. The highest BCUT2D eigenvalue weighted by atomic mass is 32.2. The van der Waals surface area contributed by atoms with Gasteiger partial charge in [-0.25, -0.2) is 13.2 Å². The van der Waals surface area contributed by atoms with Crippen LogP contribution in [0.15, 0.2) is 65.6 Å². The van der Waals surface area contributed by atoms with Crippen molar-refractivity contribution in [2.45, 2.75) is 24.7 Å². The molecule has 1 fully saturated rings. The Balaban J connectivity index is 1.45. The van der Waals surface area contributed by atoms with E-state index in [1.54, 1.807) is 30.3 Å². The van der Waals surface area contributed by atoms with Gasteiger partial charge < -0.3 is 10.1 Å². The normalized spacial score (nSPS) is 15.1. The molecule has 7 nitrogen and oxygen atoms in total. The molecule has 1 aromatic heterocycles. The van der Waals surface area contributed by atoms with Crippen molar-refractivity contribution < 1.29 is 22.7 Å². The van der Waals surface area contributed by atoms with E-state index in [9.17, 15) is 18.0 Å². The second kappa shape index (κ2) is 10.1. The molecule has 1 aliphatic heterocycles. The van der Waals surface area contributed by atoms with Crippen molar-refractivity contribution in [3.05, 3.63) is 71.1 Å². The van der Waals surface area contributed by atoms with Crippen LogP contribution < -0.4 is 5.32 Å². The maximum absolute atomic E-state index is 13.0. The Morgan fingerprint density at radius 1 is 1.03 bits per heavy atom. The minimum atomic E-state index is -3.59. The summed E-state index contributed by atoms with van der Waals surface area (Å²) in [6.07, 6.45) is 0.806. The second-order valence-electron chi connectivity index (χ2n) is 8.19. The third-order valence-electron chi connectivity index (χ3n) is 5.90. The summed E-state index contributed by atoms with van der Waals surface area (Å²) in [4.78, 5) is 26.8. The number of sulfonamides is 1. The fourth-order valence-corrected chi connectivity index (χ4v) is 6.43. The van der Waals surface area contributed by atoms with Crippen LogP contribution in [-0.4, -0.2) is 44.8 Å². The minimum Gasteiger partial charge on any atom is -0.465 e. The van der Waals surface area contributed by atoms with E-state index in [2.05, 4.69) is 5.32 Å². The van der Waals surface area contributed by atoms with E-state index >= 15 is 0 Å². The lowest BCUT2D eigenvalue weighted by Gasteiger charge is -2.30. The molecule has 4 rings (SSSR count). The number of hydrogen-bond acceptors (Lipinski definition) is 6. The number of rotatable bonds is 6. The van der Waals surface area contributed by atoms with Gasteiger partial charge in [-0.3, -0.25) is 4.79 Å². The quantitative estimate of drug-likeness (QED) is 0.504. The zero-order valence-corrected chi connectivity index (χ0v) is 20.6. The standard InChI is InChI=1S/C25H26N2O5S2/c1-17-8-10-20(11-9-17)34(30,31)27-14-12-19(13-15-27)24(28)26-21-16-22(18-6-4-3-5-7-18)33-23(21)25(29)32-2/h3-11,16,19H,12-15H2,1-2H3,(H,26,28). The Hall–Kier alpha value is -3.01. The smallest absolute Gasteiger partial charge is 0.350 e. The highest BCUT2D eigenvalue weighted by molar-refractivity contribution is 7.89. The maximum Gasteiger partial charge on any atom is 0.350 e. The number of amides is 1. The van der Waals surface area contributed by atoms with Crippen molar-refractivity contribution in [2.75, 3.05) is 25.5 Å². The molecule has 0 saturated carbocycles. The topological polar surface area (TPSA) is 92.8 Å². The van der Waals surface area contributed by atoms with Crippen LogP contribution in [0.3, 0.4) is 0 Å². The van der Waals surface area contributed by atoms with Crippen LogP contribution in [0.25, 0.3) is 10.4 Å². The van der Waals surface area contributed by atoms with Crippen LogP contribution in [0.1, 0.15) is 28.1 Å². The molecule has 1 saturated heterocycles. The van der Waals surface area contributed by atoms with Gasteiger partial charge in [-0.1, -0.05) is 48.0 Å². The van der Waals surface area contributed by atoms with Gasteiger partial charge in [0, 0.05) is 23.9 Å². The molecule has 1 N–H and O–H groups in total. The summed E-state index contributed by atoms with van der Waals surface area (Å²) in [5.74, 6) is -1.09. The maximum atomic E-state index is 13.0. The van der Waals surface area contributed by atoms with Gasteiger partial charge in [0.2, 0.25) is 15.9 Å². The van der Waals surface area contributed by atoms with Gasteiger partial charge in [-0.2, -0.15) is 4.31 Å². The minimum absolute atomic E-state index is 0.227. The lowest BCUT2D eigenvalue weighted by Crippen LogP contribution is -2.41. The third-order valence-corrected chi connectivity index (χ3v) is 8.98. The highest BCUT2D eigenvalue weighted by Gasteiger charge is 2.32. The molecule has 1 amide bonds. The number of nitrogens with one attached hydrogen (secondary N) is 1. The van der Waals surface area contributed by atoms with Crippen LogP contribution in [0.2, 0.25) is 0 Å². The molecule has 1 aliphatic rings. The van der Waals surface area contributed by atoms with Crippen molar-refractivity contribution in [3.63, 3.8) is 0 Å². The number of methoxy groups -OCH3 is 1. The van der Waals surface area contributed by atoms with E-state index in [0.717, 1.165) is 16.0 Å². The second-order valence-corrected chi connectivity index (χ2v) is 11.2. The average Bonchev–Trinajstić information content (AvgIpc) is 3.28. The van der Waals surface area contributed by atoms with Gasteiger partial charge >= 0.3 is 5.97 Å². The molecule has 0 aliphatic carbocycles. The summed E-state index contributed by atoms with van der Waals surface area (Å²) in [5, 5.41) is 2.88. The Bertz CT molecular complexity index is 1280. The molecule has 178 valence electrons. The fraction of sp³-hybridized carbons (Fsp3) is 0.280. The number of piperidine rings is 1. The van der Waals surface area contributed by atoms with Gasteiger partial charge in [0.25, 0.3) is 0 Å². The van der Waals surface area contributed by atoms with Crippen molar-refractivity contribution in [2.24, 2.45) is 5.92 Å². The molecule has 0 spiro atoms. The molecular formula is C25H26N2O5S2. The van der Waals surface area contributed by atoms with Crippen LogP contribution in [0.4, 0.5) is 5.69 Å². The summed E-state index contributed by atoms with van der Waals surface area (Å²) in [5.41, 5.74) is 2.34. The lowest BCUT2D eigenvalue weighted by molar-refractivity contribution is -0.120. The van der Waals surface area contributed by atoms with Crippen molar-refractivity contribution in [3.8, 4) is 10.4 Å². The Morgan fingerprint density at radius 2 is 1.68 bits per heavy atom. The number of hydrogen-bond donors (Lipinski definition) is 1. The first-order valence-electron chi connectivity index (χ1n) is 10.9. The molecule has 2 aromatic carbocycles. The number of anilines is 1. The lowest BCUT2D eigenvalue weighted by atomic mass is 9.97. The Labute approximate surface area is 203 Å². The molecule has 0 unspecified atom stereocenters. The number of carbonyl (C=O) groups excluding carboxylic acids is 2. The van der Waals surface area contributed by atoms with Gasteiger partial charge in [-0.15, -0.1) is 11.3 Å². The van der Waals surface area contributed by atoms with Gasteiger partial charge in [0.15, 0.2) is 0 Å². The zero-order valence-electron chi connectivity index (χ0n) is 19.0. The molecule has 0 atom stereocenters. The summed E-state index contributed by atoms with van der Waals surface area (Å²) < 4.78 is 32.2. The molecular weight excluding hydrogens is 472 g/mol. The van der Waals surface area contributed by atoms with Crippen LogP contribution in [0, 0.1) is 12.8 Å². The first-order chi connectivity index (χ1) is 16.3. The first-order valence-corrected chi connectivity index (χ1v) is 13.2. The summed E-state index contributed by atoms with van der Waals surface area (Å²) in [6, 6.07) is 18.1. The molecule has 2 heterocycles. The number of benzene rings is 2. The monoisotopic (exact) mass is 498 g/mol. The van der Waals surface area contributed by atoms with Crippen LogP contribution in [0.5, 0.6) is 0 Å². The molecule has 0 bridgehead atoms. The van der Waals surface area contributed by atoms with Gasteiger partial charge in [0.1, 0.15) is 4.88 Å². The van der Waals surface area contributed by atoms with E-state index in [1.165, 1.54) is 22.8 Å². The number of nitrogens with zero attached hydrogens (tertiary/aromatic N) is 1. The molecule has 3 aromatic rings. The number of thiophene rings is 1. The van der Waals surface area contributed by atoms with Crippen LogP contribution in [-0.2, 0) is 19.6 Å². The van der Waals surface area contributed by atoms with E-state index in [-0.39, 0.29) is 29.8 Å². The van der Waals surface area contributed by atoms with Crippen molar-refractivity contribution in [1.82, 2.24) is 4.31 Å². The molecule has 0 radical (unpaired) electrons. The molecule has 34 heavy (non-hydrogen) atoms. The van der Waals surface area contributed by atoms with Crippen LogP contribution >= 0.6 is 11.3 Å². The van der Waals surface area contributed by atoms with Gasteiger partial charge in [0.05, 0.1) is 17.7 Å². The predicted molar refractivity (Wildman–Crippen MR) is 132 cm³/mol. The number of esters is 1. The highest BCUT2D eigenvalue weighted by Crippen LogP contribution is 2.36. The predicted octanol–water partition coefficient (Wildman–Crippen LogP) is 4.55. The average molecular weight is 499 g/mol. The molecule has 9 heteroatoms. The number of aryl methyl sites for hydroxylation is 1. The Morgan fingerprint density at radius 3 is 2.29 bits per heavy atom. The largest absolute Gasteiger partial charge is 0.465 e. The van der Waals surface area contributed by atoms with Crippen molar-refractivity contribution in [1.29, 1.82) is 0 Å². The summed E-state index contributed by atoms with van der Waals surface area (Å²) in [7, 11) is -2.29. The summed E-state index contributed by atoms with van der Waals surface area (Å²) in [6.45, 7) is 2.43. The van der Waals surface area contributed by atoms with E-state index < -0.39 is 16.0 Å².